The Hall–Kier alpha value is -0.850. The fourth-order valence-electron chi connectivity index (χ4n) is 5.33. The van der Waals surface area contributed by atoms with E-state index in [1.54, 1.807) is 21.3 Å². The Kier molecular flexibility index (Phi) is 35.1. The van der Waals surface area contributed by atoms with Crippen molar-refractivity contribution in [3.8, 4) is 0 Å². The lowest BCUT2D eigenvalue weighted by molar-refractivity contribution is -0.171. The maximum absolute atomic E-state index is 12.9. The molecular weight excluding hydrogens is 648 g/mol. The van der Waals surface area contributed by atoms with Gasteiger partial charge in [-0.05, 0) is 59.3 Å². The second-order valence-electron chi connectivity index (χ2n) is 16.1. The minimum atomic E-state index is -0.601. The molecule has 0 aliphatic heterocycles. The third-order valence-electron chi connectivity index (χ3n) is 8.67. The van der Waals surface area contributed by atoms with Crippen LogP contribution in [0.2, 0.25) is 0 Å². The first-order chi connectivity index (χ1) is 23.6. The maximum Gasteiger partial charge on any atom is 0.225 e. The second-order valence-corrected chi connectivity index (χ2v) is 16.1. The SMILES string of the molecule is CC.CCCCC.CCN(CC(C)(C)C)C(=O)CC(C)(C)OC(COC)C(C)(C(C)C)C(C)N.COCCOCC(COC)OC(C)(C)CCO. The molecule has 0 heterocycles. The molecule has 0 aromatic carbocycles. The first kappa shape index (κ1) is 56.9. The van der Waals surface area contributed by atoms with Crippen molar-refractivity contribution in [2.45, 2.75) is 172 Å². The van der Waals surface area contributed by atoms with E-state index >= 15 is 0 Å². The first-order valence-corrected chi connectivity index (χ1v) is 19.6. The molecule has 3 N–H and O–H groups in total. The summed E-state index contributed by atoms with van der Waals surface area (Å²) in [6, 6.07) is -0.0582. The third kappa shape index (κ3) is 29.2. The van der Waals surface area contributed by atoms with Crippen molar-refractivity contribution in [1.82, 2.24) is 4.90 Å². The molecule has 4 atom stereocenters. The van der Waals surface area contributed by atoms with Crippen LogP contribution in [-0.2, 0) is 33.2 Å². The number of hydrogen-bond donors (Lipinski definition) is 2. The predicted octanol–water partition coefficient (Wildman–Crippen LogP) is 8.16. The summed E-state index contributed by atoms with van der Waals surface area (Å²) in [6.45, 7) is 37.3. The van der Waals surface area contributed by atoms with Gasteiger partial charge in [-0.1, -0.05) is 88.5 Å². The molecule has 0 aliphatic carbocycles. The molecule has 0 aromatic rings. The Bertz CT molecular complexity index is 774. The van der Waals surface area contributed by atoms with E-state index in [1.165, 1.54) is 19.3 Å². The van der Waals surface area contributed by atoms with Gasteiger partial charge in [0.2, 0.25) is 5.91 Å². The van der Waals surface area contributed by atoms with Crippen molar-refractivity contribution in [2.24, 2.45) is 22.5 Å². The summed E-state index contributed by atoms with van der Waals surface area (Å²) < 4.78 is 33.2. The fourth-order valence-corrected chi connectivity index (χ4v) is 5.33. The third-order valence-corrected chi connectivity index (χ3v) is 8.67. The monoisotopic (exact) mass is 739 g/mol. The molecule has 0 aliphatic rings. The van der Waals surface area contributed by atoms with Crippen molar-refractivity contribution < 1.29 is 38.3 Å². The average molecular weight is 739 g/mol. The highest BCUT2D eigenvalue weighted by Gasteiger charge is 2.44. The molecule has 0 spiro atoms. The summed E-state index contributed by atoms with van der Waals surface area (Å²) in [5.41, 5.74) is 5.19. The topological polar surface area (TPSA) is 122 Å². The number of rotatable bonds is 24. The number of nitrogens with zero attached hydrogens (tertiary/aromatic N) is 1. The number of hydrogen-bond acceptors (Lipinski definition) is 9. The van der Waals surface area contributed by atoms with Crippen molar-refractivity contribution in [1.29, 1.82) is 0 Å². The molecule has 10 heteroatoms. The van der Waals surface area contributed by atoms with E-state index in [-0.39, 0.29) is 47.2 Å². The Morgan fingerprint density at radius 2 is 1.29 bits per heavy atom. The van der Waals surface area contributed by atoms with Gasteiger partial charge in [-0.3, -0.25) is 4.79 Å². The normalized spacial score (nSPS) is 14.9. The van der Waals surface area contributed by atoms with Crippen LogP contribution in [0.3, 0.4) is 0 Å². The highest BCUT2D eigenvalue weighted by molar-refractivity contribution is 5.77. The minimum absolute atomic E-state index is 0.0582. The number of nitrogens with two attached hydrogens (primary N) is 1. The molecule has 0 fully saturated rings. The van der Waals surface area contributed by atoms with Crippen LogP contribution in [-0.4, -0.2) is 119 Å². The molecule has 312 valence electrons. The summed E-state index contributed by atoms with van der Waals surface area (Å²) >= 11 is 0. The van der Waals surface area contributed by atoms with Crippen LogP contribution in [0.4, 0.5) is 0 Å². The number of ether oxygens (including phenoxy) is 6. The zero-order valence-electron chi connectivity index (χ0n) is 37.3. The number of aliphatic hydroxyl groups excluding tert-OH is 1. The predicted molar refractivity (Wildman–Crippen MR) is 216 cm³/mol. The Labute approximate surface area is 317 Å². The largest absolute Gasteiger partial charge is 0.396 e. The second kappa shape index (κ2) is 31.5. The van der Waals surface area contributed by atoms with Gasteiger partial charge in [0.1, 0.15) is 6.10 Å². The molecular formula is C41H90N2O8. The van der Waals surface area contributed by atoms with Crippen molar-refractivity contribution in [3.05, 3.63) is 0 Å². The zero-order valence-corrected chi connectivity index (χ0v) is 37.3. The van der Waals surface area contributed by atoms with E-state index in [4.69, 9.17) is 39.3 Å². The van der Waals surface area contributed by atoms with Gasteiger partial charge in [0.15, 0.2) is 0 Å². The molecule has 0 rings (SSSR count). The van der Waals surface area contributed by atoms with E-state index < -0.39 is 5.60 Å². The molecule has 1 amide bonds. The van der Waals surface area contributed by atoms with Crippen LogP contribution >= 0.6 is 0 Å². The number of aliphatic hydroxyl groups is 1. The van der Waals surface area contributed by atoms with E-state index in [9.17, 15) is 4.79 Å². The van der Waals surface area contributed by atoms with Gasteiger partial charge in [0, 0.05) is 52.5 Å². The molecule has 0 bridgehead atoms. The van der Waals surface area contributed by atoms with Crippen LogP contribution in [0.25, 0.3) is 0 Å². The quantitative estimate of drug-likeness (QED) is 0.0945. The lowest BCUT2D eigenvalue weighted by atomic mass is 9.69. The summed E-state index contributed by atoms with van der Waals surface area (Å²) in [7, 11) is 4.94. The number of carbonyl (C=O) groups is 1. The summed E-state index contributed by atoms with van der Waals surface area (Å²) in [6.07, 6.45) is 4.68. The zero-order chi connectivity index (χ0) is 40.9. The van der Waals surface area contributed by atoms with Crippen molar-refractivity contribution >= 4 is 5.91 Å². The van der Waals surface area contributed by atoms with Gasteiger partial charge in [-0.25, -0.2) is 0 Å². The van der Waals surface area contributed by atoms with Gasteiger partial charge < -0.3 is 44.2 Å². The van der Waals surface area contributed by atoms with E-state index in [0.717, 1.165) is 6.54 Å². The van der Waals surface area contributed by atoms with Gasteiger partial charge >= 0.3 is 0 Å². The lowest BCUT2D eigenvalue weighted by Crippen LogP contribution is -2.55. The number of amides is 1. The van der Waals surface area contributed by atoms with Crippen LogP contribution in [0.5, 0.6) is 0 Å². The van der Waals surface area contributed by atoms with Gasteiger partial charge in [0.25, 0.3) is 0 Å². The van der Waals surface area contributed by atoms with E-state index in [1.807, 2.05) is 60.3 Å². The molecule has 10 nitrogen and oxygen atoms in total. The molecule has 0 aromatic heterocycles. The summed E-state index contributed by atoms with van der Waals surface area (Å²) in [5, 5.41) is 8.93. The van der Waals surface area contributed by atoms with Crippen molar-refractivity contribution in [2.75, 3.05) is 74.1 Å². The van der Waals surface area contributed by atoms with Crippen LogP contribution in [0, 0.1) is 16.7 Å². The Balaban J connectivity index is -0.000000390. The number of carbonyl (C=O) groups excluding carboxylic acids is 1. The molecule has 0 radical (unpaired) electrons. The maximum atomic E-state index is 12.9. The molecule has 0 saturated heterocycles. The van der Waals surface area contributed by atoms with E-state index in [0.29, 0.717) is 58.3 Å². The average Bonchev–Trinajstić information content (AvgIpc) is 3.02. The van der Waals surface area contributed by atoms with Gasteiger partial charge in [-0.15, -0.1) is 0 Å². The van der Waals surface area contributed by atoms with E-state index in [2.05, 4.69) is 55.4 Å². The first-order valence-electron chi connectivity index (χ1n) is 19.6. The standard InChI is InChI=1S/C22H46N2O3.C12H26O5.C5H12.C2H6/c1-12-24(15-20(5,6)7)19(25)13-21(8,9)27-18(14-26-11)22(10,16(2)3)17(4)23;1-12(2,5-6-13)17-11(9-15-4)10-16-8-7-14-3;1-3-5-4-2;1-2/h16-18H,12-15,23H2,1-11H3;11,13H,5-10H2,1-4H3;3-5H2,1-2H3;1-2H3. The summed E-state index contributed by atoms with van der Waals surface area (Å²) in [4.78, 5) is 14.8. The number of methoxy groups -OCH3 is 3. The lowest BCUT2D eigenvalue weighted by Gasteiger charge is -2.46. The Morgan fingerprint density at radius 3 is 1.65 bits per heavy atom. The van der Waals surface area contributed by atoms with Crippen molar-refractivity contribution in [3.63, 3.8) is 0 Å². The van der Waals surface area contributed by atoms with Crippen LogP contribution in [0.1, 0.15) is 143 Å². The molecule has 51 heavy (non-hydrogen) atoms. The highest BCUT2D eigenvalue weighted by Crippen LogP contribution is 2.38. The molecule has 0 saturated carbocycles. The molecule has 4 unspecified atom stereocenters. The summed E-state index contributed by atoms with van der Waals surface area (Å²) in [5.74, 6) is 0.442. The Morgan fingerprint density at radius 1 is 0.765 bits per heavy atom. The van der Waals surface area contributed by atoms with Crippen LogP contribution < -0.4 is 5.73 Å². The van der Waals surface area contributed by atoms with Gasteiger partial charge in [-0.2, -0.15) is 0 Å². The minimum Gasteiger partial charge on any atom is -0.396 e. The fraction of sp³-hybridized carbons (Fsp3) is 0.976. The number of unbranched alkanes of at least 4 members (excludes halogenated alkanes) is 2. The highest BCUT2D eigenvalue weighted by atomic mass is 16.6. The van der Waals surface area contributed by atoms with Crippen LogP contribution in [0.15, 0.2) is 0 Å². The van der Waals surface area contributed by atoms with Gasteiger partial charge in [0.05, 0.1) is 56.8 Å². The smallest absolute Gasteiger partial charge is 0.225 e.